The molecular weight excluding hydrogens is 232 g/mol. The van der Waals surface area contributed by atoms with Crippen molar-refractivity contribution in [3.63, 3.8) is 0 Å². The van der Waals surface area contributed by atoms with Crippen LogP contribution in [0.4, 0.5) is 10.6 Å². The van der Waals surface area contributed by atoms with E-state index >= 15 is 0 Å². The first-order valence-electron chi connectivity index (χ1n) is 5.88. The monoisotopic (exact) mass is 248 g/mol. The number of nitrogens with one attached hydrogen (secondary N) is 1. The molecule has 5 heteroatoms. The SMILES string of the molecule is CC(C)(C)OC(=O)Nc1ccc2c(n1)CCC2=O. The highest BCUT2D eigenvalue weighted by Gasteiger charge is 2.22. The predicted molar refractivity (Wildman–Crippen MR) is 66.7 cm³/mol. The van der Waals surface area contributed by atoms with Crippen molar-refractivity contribution in [3.8, 4) is 0 Å². The number of nitrogens with zero attached hydrogens (tertiary/aromatic N) is 1. The summed E-state index contributed by atoms with van der Waals surface area (Å²) in [5, 5.41) is 2.56. The van der Waals surface area contributed by atoms with E-state index < -0.39 is 11.7 Å². The molecule has 18 heavy (non-hydrogen) atoms. The highest BCUT2D eigenvalue weighted by atomic mass is 16.6. The van der Waals surface area contributed by atoms with E-state index in [4.69, 9.17) is 4.74 Å². The molecule has 0 aromatic carbocycles. The van der Waals surface area contributed by atoms with Crippen molar-refractivity contribution in [1.82, 2.24) is 4.98 Å². The number of aryl methyl sites for hydroxylation is 1. The van der Waals surface area contributed by atoms with Crippen molar-refractivity contribution in [2.75, 3.05) is 5.32 Å². The Morgan fingerprint density at radius 3 is 2.72 bits per heavy atom. The third-order valence-electron chi connectivity index (χ3n) is 2.49. The van der Waals surface area contributed by atoms with Gasteiger partial charge in [0.05, 0.1) is 5.69 Å². The Balaban J connectivity index is 2.08. The fourth-order valence-electron chi connectivity index (χ4n) is 1.79. The number of rotatable bonds is 1. The maximum Gasteiger partial charge on any atom is 0.413 e. The van der Waals surface area contributed by atoms with Crippen molar-refractivity contribution in [3.05, 3.63) is 23.4 Å². The molecule has 0 fully saturated rings. The number of amides is 1. The van der Waals surface area contributed by atoms with Gasteiger partial charge in [0.15, 0.2) is 5.78 Å². The third-order valence-corrected chi connectivity index (χ3v) is 2.49. The number of hydrogen-bond acceptors (Lipinski definition) is 4. The standard InChI is InChI=1S/C13H16N2O3/c1-13(2,3)18-12(17)15-11-7-4-8-9(14-11)5-6-10(8)16/h4,7H,5-6H2,1-3H3,(H,14,15,17). The van der Waals surface area contributed by atoms with Crippen LogP contribution in [-0.4, -0.2) is 22.5 Å². The zero-order valence-corrected chi connectivity index (χ0v) is 10.7. The van der Waals surface area contributed by atoms with Gasteiger partial charge >= 0.3 is 6.09 Å². The molecule has 0 aliphatic heterocycles. The molecule has 1 aliphatic carbocycles. The molecule has 1 aromatic rings. The summed E-state index contributed by atoms with van der Waals surface area (Å²) in [6, 6.07) is 3.32. The number of Topliss-reactive ketones (excluding diaryl/α,β-unsaturated/α-hetero) is 1. The average Bonchev–Trinajstić information content (AvgIpc) is 2.57. The maximum atomic E-state index is 11.6. The minimum atomic E-state index is -0.545. The largest absolute Gasteiger partial charge is 0.444 e. The van der Waals surface area contributed by atoms with Crippen LogP contribution in [0.1, 0.15) is 43.2 Å². The molecular formula is C13H16N2O3. The summed E-state index contributed by atoms with van der Waals surface area (Å²) in [7, 11) is 0. The lowest BCUT2D eigenvalue weighted by Gasteiger charge is -2.19. The Hall–Kier alpha value is -1.91. The number of anilines is 1. The van der Waals surface area contributed by atoms with E-state index in [-0.39, 0.29) is 5.78 Å². The molecule has 1 N–H and O–H groups in total. The molecule has 1 amide bonds. The number of ketones is 1. The van der Waals surface area contributed by atoms with Gasteiger partial charge in [-0.15, -0.1) is 0 Å². The summed E-state index contributed by atoms with van der Waals surface area (Å²) >= 11 is 0. The Bertz CT molecular complexity index is 503. The van der Waals surface area contributed by atoms with Crippen LogP contribution in [0.2, 0.25) is 0 Å². The molecule has 1 heterocycles. The zero-order valence-electron chi connectivity index (χ0n) is 10.7. The lowest BCUT2D eigenvalue weighted by Crippen LogP contribution is -2.27. The molecule has 0 atom stereocenters. The highest BCUT2D eigenvalue weighted by molar-refractivity contribution is 6.00. The lowest BCUT2D eigenvalue weighted by molar-refractivity contribution is 0.0635. The number of pyridine rings is 1. The minimum Gasteiger partial charge on any atom is -0.444 e. The van der Waals surface area contributed by atoms with E-state index in [9.17, 15) is 9.59 Å². The normalized spacial score (nSPS) is 14.3. The van der Waals surface area contributed by atoms with Gasteiger partial charge in [-0.3, -0.25) is 10.1 Å². The predicted octanol–water partition coefficient (Wildman–Crippen LogP) is 2.56. The van der Waals surface area contributed by atoms with E-state index in [1.54, 1.807) is 32.9 Å². The summed E-state index contributed by atoms with van der Waals surface area (Å²) in [6.45, 7) is 5.38. The molecule has 0 unspecified atom stereocenters. The lowest BCUT2D eigenvalue weighted by atomic mass is 10.2. The van der Waals surface area contributed by atoms with Crippen LogP contribution < -0.4 is 5.32 Å². The number of fused-ring (bicyclic) bond motifs is 1. The van der Waals surface area contributed by atoms with Gasteiger partial charge in [-0.2, -0.15) is 0 Å². The molecule has 0 spiro atoms. The van der Waals surface area contributed by atoms with Gasteiger partial charge in [0.1, 0.15) is 11.4 Å². The molecule has 2 rings (SSSR count). The van der Waals surface area contributed by atoms with E-state index in [1.165, 1.54) is 0 Å². The second kappa shape index (κ2) is 4.40. The minimum absolute atomic E-state index is 0.112. The smallest absolute Gasteiger partial charge is 0.413 e. The fourth-order valence-corrected chi connectivity index (χ4v) is 1.79. The maximum absolute atomic E-state index is 11.6. The quantitative estimate of drug-likeness (QED) is 0.829. The van der Waals surface area contributed by atoms with Crippen molar-refractivity contribution in [2.45, 2.75) is 39.2 Å². The zero-order chi connectivity index (χ0) is 13.3. The van der Waals surface area contributed by atoms with Gasteiger partial charge in [0, 0.05) is 12.0 Å². The second-order valence-corrected chi connectivity index (χ2v) is 5.24. The van der Waals surface area contributed by atoms with Crippen molar-refractivity contribution >= 4 is 17.7 Å². The van der Waals surface area contributed by atoms with Gasteiger partial charge in [-0.05, 0) is 39.3 Å². The van der Waals surface area contributed by atoms with E-state index in [1.807, 2.05) is 0 Å². The average molecular weight is 248 g/mol. The van der Waals surface area contributed by atoms with Crippen molar-refractivity contribution in [1.29, 1.82) is 0 Å². The molecule has 0 bridgehead atoms. The number of ether oxygens (including phenoxy) is 1. The van der Waals surface area contributed by atoms with Gasteiger partial charge in [0.2, 0.25) is 0 Å². The van der Waals surface area contributed by atoms with E-state index in [0.717, 1.165) is 5.69 Å². The molecule has 0 saturated heterocycles. The van der Waals surface area contributed by atoms with Gasteiger partial charge in [-0.1, -0.05) is 0 Å². The first-order chi connectivity index (χ1) is 8.35. The Kier molecular flexibility index (Phi) is 3.07. The van der Waals surface area contributed by atoms with Crippen LogP contribution in [0.5, 0.6) is 0 Å². The van der Waals surface area contributed by atoms with Gasteiger partial charge < -0.3 is 4.74 Å². The van der Waals surface area contributed by atoms with E-state index in [2.05, 4.69) is 10.3 Å². The highest BCUT2D eigenvalue weighted by Crippen LogP contribution is 2.22. The molecule has 1 aromatic heterocycles. The Labute approximate surface area is 106 Å². The summed E-state index contributed by atoms with van der Waals surface area (Å²) in [6.07, 6.45) is 0.593. The summed E-state index contributed by atoms with van der Waals surface area (Å²) < 4.78 is 5.13. The molecule has 1 aliphatic rings. The topological polar surface area (TPSA) is 68.3 Å². The number of hydrogen-bond donors (Lipinski definition) is 1. The summed E-state index contributed by atoms with van der Waals surface area (Å²) in [4.78, 5) is 27.2. The number of carbonyl (C=O) groups excluding carboxylic acids is 2. The number of carbonyl (C=O) groups is 2. The third kappa shape index (κ3) is 2.85. The first kappa shape index (κ1) is 12.5. The summed E-state index contributed by atoms with van der Waals surface area (Å²) in [5.74, 6) is 0.527. The molecule has 96 valence electrons. The number of aromatic nitrogens is 1. The van der Waals surface area contributed by atoms with Crippen LogP contribution in [0.3, 0.4) is 0 Å². The molecule has 0 radical (unpaired) electrons. The van der Waals surface area contributed by atoms with Crippen molar-refractivity contribution < 1.29 is 14.3 Å². The molecule has 0 saturated carbocycles. The van der Waals surface area contributed by atoms with Gasteiger partial charge in [-0.25, -0.2) is 9.78 Å². The van der Waals surface area contributed by atoms with Gasteiger partial charge in [0.25, 0.3) is 0 Å². The molecule has 5 nitrogen and oxygen atoms in total. The van der Waals surface area contributed by atoms with Crippen LogP contribution in [0, 0.1) is 0 Å². The first-order valence-corrected chi connectivity index (χ1v) is 5.88. The van der Waals surface area contributed by atoms with Crippen LogP contribution in [0.25, 0.3) is 0 Å². The van der Waals surface area contributed by atoms with Crippen LogP contribution >= 0.6 is 0 Å². The second-order valence-electron chi connectivity index (χ2n) is 5.24. The summed E-state index contributed by atoms with van der Waals surface area (Å²) in [5.41, 5.74) is 0.856. The fraction of sp³-hybridized carbons (Fsp3) is 0.462. The van der Waals surface area contributed by atoms with Crippen molar-refractivity contribution in [2.24, 2.45) is 0 Å². The Morgan fingerprint density at radius 1 is 1.33 bits per heavy atom. The van der Waals surface area contributed by atoms with Crippen LogP contribution in [0.15, 0.2) is 12.1 Å². The van der Waals surface area contributed by atoms with E-state index in [0.29, 0.717) is 24.2 Å². The Morgan fingerprint density at radius 2 is 2.06 bits per heavy atom. The van der Waals surface area contributed by atoms with Crippen LogP contribution in [-0.2, 0) is 11.2 Å².